The molecule has 0 aliphatic heterocycles. The van der Waals surface area contributed by atoms with Gasteiger partial charge in [-0.25, -0.2) is 4.79 Å². The van der Waals surface area contributed by atoms with Gasteiger partial charge in [-0.15, -0.1) is 0 Å². The molecule has 1 aromatic carbocycles. The van der Waals surface area contributed by atoms with E-state index < -0.39 is 114 Å². The minimum Gasteiger partial charge on any atom is -0.480 e. The molecule has 1 aromatic rings. The highest BCUT2D eigenvalue weighted by Crippen LogP contribution is 2.13. The van der Waals surface area contributed by atoms with Crippen molar-refractivity contribution >= 4 is 53.2 Å². The van der Waals surface area contributed by atoms with Crippen LogP contribution in [0.4, 0.5) is 0 Å². The highest BCUT2D eigenvalue weighted by molar-refractivity contribution is 5.97. The quantitative estimate of drug-likeness (QED) is 0.0533. The Balaban J connectivity index is 3.23. The molecule has 0 aliphatic carbocycles. The van der Waals surface area contributed by atoms with Crippen LogP contribution in [0.15, 0.2) is 30.3 Å². The highest BCUT2D eigenvalue weighted by Gasteiger charge is 2.34. The van der Waals surface area contributed by atoms with Crippen LogP contribution >= 0.6 is 0 Å². The van der Waals surface area contributed by atoms with Gasteiger partial charge in [-0.1, -0.05) is 120 Å². The average molecular weight is 958 g/mol. The number of nitrogens with one attached hydrogen (secondary N) is 8. The number of amides is 8. The number of hydrogen-bond donors (Lipinski definition) is 10. The lowest BCUT2D eigenvalue weighted by Gasteiger charge is -2.29. The molecule has 0 bridgehead atoms. The molecule has 384 valence electrons. The number of carboxylic acid groups (broad SMARTS) is 1. The van der Waals surface area contributed by atoms with Crippen molar-refractivity contribution in [2.75, 3.05) is 6.54 Å². The van der Waals surface area contributed by atoms with Crippen LogP contribution in [0.5, 0.6) is 0 Å². The molecule has 0 heterocycles. The van der Waals surface area contributed by atoms with Crippen molar-refractivity contribution in [3.8, 4) is 0 Å². The van der Waals surface area contributed by atoms with Crippen LogP contribution in [0.2, 0.25) is 0 Å². The van der Waals surface area contributed by atoms with E-state index in [0.29, 0.717) is 12.0 Å². The van der Waals surface area contributed by atoms with Crippen LogP contribution in [0.3, 0.4) is 0 Å². The van der Waals surface area contributed by atoms with E-state index in [0.717, 1.165) is 0 Å². The molecule has 0 spiro atoms. The summed E-state index contributed by atoms with van der Waals surface area (Å²) in [5, 5.41) is 30.9. The molecule has 19 nitrogen and oxygen atoms in total. The van der Waals surface area contributed by atoms with Crippen LogP contribution in [0.25, 0.3) is 0 Å². The Hall–Kier alpha value is -5.59. The number of carboxylic acids is 1. The predicted octanol–water partition coefficient (Wildman–Crippen LogP) is 2.06. The van der Waals surface area contributed by atoms with Crippen LogP contribution in [-0.2, 0) is 49.6 Å². The zero-order valence-electron chi connectivity index (χ0n) is 42.6. The van der Waals surface area contributed by atoms with Crippen LogP contribution in [0, 0.1) is 35.5 Å². The first-order chi connectivity index (χ1) is 31.7. The largest absolute Gasteiger partial charge is 0.480 e. The zero-order chi connectivity index (χ0) is 52.0. The molecular formula is C49H83N9O10. The van der Waals surface area contributed by atoms with Gasteiger partial charge in [-0.2, -0.15) is 0 Å². The molecule has 0 saturated heterocycles. The van der Waals surface area contributed by atoms with Crippen LogP contribution in [0.1, 0.15) is 128 Å². The topological polar surface area (TPSA) is 296 Å². The first-order valence-electron chi connectivity index (χ1n) is 24.1. The van der Waals surface area contributed by atoms with Gasteiger partial charge in [-0.05, 0) is 73.7 Å². The maximum atomic E-state index is 14.1. The Bertz CT molecular complexity index is 1820. The van der Waals surface area contributed by atoms with Gasteiger partial charge >= 0.3 is 5.97 Å². The van der Waals surface area contributed by atoms with Gasteiger partial charge in [0.1, 0.15) is 42.3 Å². The smallest absolute Gasteiger partial charge is 0.326 e. The molecule has 0 fully saturated rings. The third-order valence-corrected chi connectivity index (χ3v) is 11.3. The fourth-order valence-corrected chi connectivity index (χ4v) is 7.18. The van der Waals surface area contributed by atoms with E-state index in [4.69, 9.17) is 5.73 Å². The summed E-state index contributed by atoms with van der Waals surface area (Å²) in [7, 11) is 0. The van der Waals surface area contributed by atoms with Crippen molar-refractivity contribution in [1.82, 2.24) is 42.5 Å². The lowest BCUT2D eigenvalue weighted by atomic mass is 9.97. The van der Waals surface area contributed by atoms with E-state index in [9.17, 15) is 48.3 Å². The van der Waals surface area contributed by atoms with Gasteiger partial charge in [0.25, 0.3) is 0 Å². The summed E-state index contributed by atoms with van der Waals surface area (Å²) in [4.78, 5) is 120. The van der Waals surface area contributed by atoms with Gasteiger partial charge in [0.2, 0.25) is 47.3 Å². The minimum atomic E-state index is -1.23. The lowest BCUT2D eigenvalue weighted by molar-refractivity contribution is -0.142. The summed E-state index contributed by atoms with van der Waals surface area (Å²) < 4.78 is 0. The second-order valence-corrected chi connectivity index (χ2v) is 20.0. The van der Waals surface area contributed by atoms with E-state index in [-0.39, 0.29) is 61.7 Å². The van der Waals surface area contributed by atoms with Crippen molar-refractivity contribution < 1.29 is 48.3 Å². The maximum absolute atomic E-state index is 14.1. The lowest BCUT2D eigenvalue weighted by Crippen LogP contribution is -2.60. The molecule has 0 aliphatic rings. The molecule has 9 atom stereocenters. The molecule has 8 amide bonds. The molecule has 0 radical (unpaired) electrons. The number of aliphatic carboxylic acids is 1. The fraction of sp³-hybridized carbons (Fsp3) is 0.694. The number of hydrogen-bond acceptors (Lipinski definition) is 10. The standard InChI is InChI=1S/C49H83N9O10/c1-14-31(12)40(50)47(65)55-35(21-27(4)5)44(62)52-32(13)42(60)54-36(22-28(6)7)46(64)58-41(30(10)11)48(66)56-37(24-33-18-16-15-17-19-33)43(61)51-25-39(59)53-34(20-26(2)3)45(63)57-38(49(67)68)23-29(8)9/h15-19,26-32,34-38,40-41H,14,20-25,50H2,1-13H3,(H,51,61)(H,52,62)(H,53,59)(H,54,60)(H,55,65)(H,56,66)(H,57,63)(H,58,64)(H,67,68)/t31-,32-,34-,35-,36-,37-,38-,40-,41-/m0/s1. The van der Waals surface area contributed by atoms with E-state index in [1.165, 1.54) is 6.92 Å². The van der Waals surface area contributed by atoms with Gasteiger partial charge < -0.3 is 53.4 Å². The highest BCUT2D eigenvalue weighted by atomic mass is 16.4. The van der Waals surface area contributed by atoms with Gasteiger partial charge in [0.15, 0.2) is 0 Å². The molecule has 19 heteroatoms. The number of nitrogens with two attached hydrogens (primary N) is 1. The Morgan fingerprint density at radius 1 is 0.500 bits per heavy atom. The van der Waals surface area contributed by atoms with E-state index in [1.807, 2.05) is 69.2 Å². The summed E-state index contributed by atoms with van der Waals surface area (Å²) in [6.45, 7) is 22.8. The van der Waals surface area contributed by atoms with Crippen LogP contribution < -0.4 is 48.3 Å². The number of benzene rings is 1. The molecule has 0 unspecified atom stereocenters. The minimum absolute atomic E-state index is 0.00557. The molecule has 0 saturated carbocycles. The van der Waals surface area contributed by atoms with Crippen molar-refractivity contribution in [3.63, 3.8) is 0 Å². The summed E-state index contributed by atoms with van der Waals surface area (Å²) in [6.07, 6.45) is 1.51. The maximum Gasteiger partial charge on any atom is 0.326 e. The molecular weight excluding hydrogens is 875 g/mol. The number of carbonyl (C=O) groups is 9. The molecule has 0 aromatic heterocycles. The van der Waals surface area contributed by atoms with Crippen molar-refractivity contribution in [2.24, 2.45) is 41.2 Å². The monoisotopic (exact) mass is 958 g/mol. The average Bonchev–Trinajstić information content (AvgIpc) is 3.24. The number of carbonyl (C=O) groups excluding carboxylic acids is 8. The molecule has 68 heavy (non-hydrogen) atoms. The second-order valence-electron chi connectivity index (χ2n) is 20.0. The van der Waals surface area contributed by atoms with Crippen molar-refractivity contribution in [3.05, 3.63) is 35.9 Å². The first-order valence-corrected chi connectivity index (χ1v) is 24.1. The summed E-state index contributed by atoms with van der Waals surface area (Å²) in [5.41, 5.74) is 6.80. The van der Waals surface area contributed by atoms with Crippen molar-refractivity contribution in [1.29, 1.82) is 0 Å². The van der Waals surface area contributed by atoms with E-state index >= 15 is 0 Å². The van der Waals surface area contributed by atoms with E-state index in [2.05, 4.69) is 42.5 Å². The normalized spacial score (nSPS) is 15.5. The third-order valence-electron chi connectivity index (χ3n) is 11.3. The van der Waals surface area contributed by atoms with Crippen LogP contribution in [-0.4, -0.2) is 113 Å². The second kappa shape index (κ2) is 30.0. The summed E-state index contributed by atoms with van der Waals surface area (Å²) >= 11 is 0. The molecule has 1 rings (SSSR count). The number of rotatable bonds is 30. The fourth-order valence-electron chi connectivity index (χ4n) is 7.18. The Morgan fingerprint density at radius 3 is 1.40 bits per heavy atom. The molecule has 11 N–H and O–H groups in total. The van der Waals surface area contributed by atoms with Gasteiger partial charge in [0, 0.05) is 6.42 Å². The first kappa shape index (κ1) is 60.4. The van der Waals surface area contributed by atoms with Gasteiger partial charge in [-0.3, -0.25) is 38.4 Å². The van der Waals surface area contributed by atoms with E-state index in [1.54, 1.807) is 44.2 Å². The van der Waals surface area contributed by atoms with Gasteiger partial charge in [0.05, 0.1) is 12.6 Å². The van der Waals surface area contributed by atoms with Crippen molar-refractivity contribution in [2.45, 2.75) is 177 Å². The predicted molar refractivity (Wildman–Crippen MR) is 260 cm³/mol. The Morgan fingerprint density at radius 2 is 0.926 bits per heavy atom. The zero-order valence-corrected chi connectivity index (χ0v) is 42.6. The third kappa shape index (κ3) is 22.5. The summed E-state index contributed by atoms with van der Waals surface area (Å²) in [6, 6.07) is 0.0948. The summed E-state index contributed by atoms with van der Waals surface area (Å²) in [5.74, 6) is -7.25. The Labute approximate surface area is 403 Å². The Kier molecular flexibility index (Phi) is 26.7. The SMILES string of the molecule is CC[C@H](C)[C@H](N)C(=O)N[C@@H](CC(C)C)C(=O)N[C@@H](C)C(=O)N[C@@H](CC(C)C)C(=O)N[C@H](C(=O)N[C@@H](Cc1ccccc1)C(=O)NCC(=O)N[C@@H](CC(C)C)C(=O)N[C@@H](CC(C)C)C(=O)O)C(C)C.